The van der Waals surface area contributed by atoms with Gasteiger partial charge in [0.2, 0.25) is 0 Å². The van der Waals surface area contributed by atoms with E-state index in [1.807, 2.05) is 20.1 Å². The lowest BCUT2D eigenvalue weighted by Crippen LogP contribution is -2.44. The second-order valence-corrected chi connectivity index (χ2v) is 8.05. The van der Waals surface area contributed by atoms with Crippen molar-refractivity contribution in [2.45, 2.75) is 32.9 Å². The molecule has 1 spiro atoms. The molecule has 0 aliphatic carbocycles. The molecule has 0 radical (unpaired) electrons. The van der Waals surface area contributed by atoms with Crippen molar-refractivity contribution >= 4 is 0 Å². The van der Waals surface area contributed by atoms with Crippen molar-refractivity contribution in [3.8, 4) is 0 Å². The molecule has 5 nitrogen and oxygen atoms in total. The highest BCUT2D eigenvalue weighted by molar-refractivity contribution is 5.07. The summed E-state index contributed by atoms with van der Waals surface area (Å²) in [5.74, 6) is 3.75. The van der Waals surface area contributed by atoms with Crippen molar-refractivity contribution < 1.29 is 13.6 Å². The fourth-order valence-corrected chi connectivity index (χ4v) is 4.83. The van der Waals surface area contributed by atoms with Crippen LogP contribution in [0.4, 0.5) is 0 Å². The van der Waals surface area contributed by atoms with Crippen LogP contribution in [0.3, 0.4) is 0 Å². The summed E-state index contributed by atoms with van der Waals surface area (Å²) in [4.78, 5) is 5.08. The number of nitrogens with zero attached hydrogens (tertiary/aromatic N) is 2. The number of ether oxygens (including phenoxy) is 1. The molecular weight excluding hydrogens is 328 g/mol. The Morgan fingerprint density at radius 2 is 1.92 bits per heavy atom. The molecule has 142 valence electrons. The summed E-state index contributed by atoms with van der Waals surface area (Å²) < 4.78 is 16.9. The molecule has 2 aromatic heterocycles. The van der Waals surface area contributed by atoms with E-state index in [1.165, 1.54) is 12.8 Å². The number of hydrogen-bond donors (Lipinski definition) is 0. The molecule has 0 bridgehead atoms. The predicted molar refractivity (Wildman–Crippen MR) is 99.7 cm³/mol. The van der Waals surface area contributed by atoms with Gasteiger partial charge in [-0.2, -0.15) is 0 Å². The van der Waals surface area contributed by atoms with Gasteiger partial charge < -0.3 is 13.6 Å². The van der Waals surface area contributed by atoms with Crippen LogP contribution in [0.2, 0.25) is 0 Å². The molecule has 0 aromatic carbocycles. The highest BCUT2D eigenvalue weighted by Gasteiger charge is 2.47. The standard InChI is InChI=1S/C21H30N2O3/c1-17-5-6-20(26-17)14-22-9-7-21(8-10-22)16-23(12-18(21)15-24-2)13-19-4-3-11-25-19/h3-6,11,18H,7-10,12-16H2,1-2H3. The fourth-order valence-electron chi connectivity index (χ4n) is 4.83. The quantitative estimate of drug-likeness (QED) is 0.790. The van der Waals surface area contributed by atoms with Crippen LogP contribution in [-0.4, -0.2) is 49.7 Å². The molecule has 2 aliphatic heterocycles. The predicted octanol–water partition coefficient (Wildman–Crippen LogP) is 3.54. The minimum Gasteiger partial charge on any atom is -0.468 e. The van der Waals surface area contributed by atoms with E-state index in [0.29, 0.717) is 11.3 Å². The van der Waals surface area contributed by atoms with E-state index in [1.54, 1.807) is 6.26 Å². The van der Waals surface area contributed by atoms with Crippen LogP contribution >= 0.6 is 0 Å². The van der Waals surface area contributed by atoms with Gasteiger partial charge >= 0.3 is 0 Å². The van der Waals surface area contributed by atoms with Crippen molar-refractivity contribution in [3.05, 3.63) is 47.8 Å². The molecule has 0 saturated carbocycles. The first-order valence-electron chi connectivity index (χ1n) is 9.68. The maximum absolute atomic E-state index is 5.76. The summed E-state index contributed by atoms with van der Waals surface area (Å²) >= 11 is 0. The molecule has 4 heterocycles. The minimum absolute atomic E-state index is 0.373. The lowest BCUT2D eigenvalue weighted by molar-refractivity contribution is 0.0330. The third kappa shape index (κ3) is 3.75. The van der Waals surface area contributed by atoms with Crippen LogP contribution in [0.1, 0.15) is 30.1 Å². The molecule has 1 atom stereocenters. The zero-order chi connectivity index (χ0) is 18.0. The molecule has 5 heteroatoms. The topological polar surface area (TPSA) is 42.0 Å². The average Bonchev–Trinajstić information content (AvgIpc) is 3.34. The van der Waals surface area contributed by atoms with Crippen molar-refractivity contribution in [1.82, 2.24) is 9.80 Å². The van der Waals surface area contributed by atoms with Gasteiger partial charge in [0.05, 0.1) is 26.0 Å². The van der Waals surface area contributed by atoms with E-state index >= 15 is 0 Å². The third-order valence-electron chi connectivity index (χ3n) is 6.24. The summed E-state index contributed by atoms with van der Waals surface area (Å²) in [5.41, 5.74) is 0.373. The first-order valence-corrected chi connectivity index (χ1v) is 9.68. The molecular formula is C21H30N2O3. The molecule has 26 heavy (non-hydrogen) atoms. The largest absolute Gasteiger partial charge is 0.468 e. The van der Waals surface area contributed by atoms with Gasteiger partial charge in [-0.3, -0.25) is 9.80 Å². The zero-order valence-electron chi connectivity index (χ0n) is 15.9. The van der Waals surface area contributed by atoms with Crippen LogP contribution in [0.25, 0.3) is 0 Å². The van der Waals surface area contributed by atoms with E-state index in [2.05, 4.69) is 28.0 Å². The summed E-state index contributed by atoms with van der Waals surface area (Å²) in [5, 5.41) is 0. The SMILES string of the molecule is COCC1CN(Cc2ccco2)CC12CCN(Cc1ccc(C)o1)CC2. The van der Waals surface area contributed by atoms with E-state index in [0.717, 1.165) is 63.2 Å². The summed E-state index contributed by atoms with van der Waals surface area (Å²) in [6, 6.07) is 8.21. The monoisotopic (exact) mass is 358 g/mol. The average molecular weight is 358 g/mol. The molecule has 2 fully saturated rings. The van der Waals surface area contributed by atoms with Gasteiger partial charge in [-0.15, -0.1) is 0 Å². The lowest BCUT2D eigenvalue weighted by Gasteiger charge is -2.42. The number of likely N-dealkylation sites (tertiary alicyclic amines) is 2. The van der Waals surface area contributed by atoms with Gasteiger partial charge in [-0.1, -0.05) is 0 Å². The van der Waals surface area contributed by atoms with Gasteiger partial charge in [-0.25, -0.2) is 0 Å². The van der Waals surface area contributed by atoms with E-state index < -0.39 is 0 Å². The Morgan fingerprint density at radius 3 is 2.58 bits per heavy atom. The maximum atomic E-state index is 5.76. The Balaban J connectivity index is 1.38. The summed E-state index contributed by atoms with van der Waals surface area (Å²) in [6.45, 7) is 9.21. The van der Waals surface area contributed by atoms with Gasteiger partial charge in [-0.05, 0) is 62.5 Å². The van der Waals surface area contributed by atoms with E-state index in [-0.39, 0.29) is 0 Å². The summed E-state index contributed by atoms with van der Waals surface area (Å²) in [7, 11) is 1.83. The van der Waals surface area contributed by atoms with Crippen LogP contribution in [0, 0.1) is 18.3 Å². The second-order valence-electron chi connectivity index (χ2n) is 8.05. The Labute approximate surface area is 155 Å². The fraction of sp³-hybridized carbons (Fsp3) is 0.619. The number of methoxy groups -OCH3 is 1. The van der Waals surface area contributed by atoms with Crippen LogP contribution < -0.4 is 0 Å². The molecule has 4 rings (SSSR count). The smallest absolute Gasteiger partial charge is 0.118 e. The van der Waals surface area contributed by atoms with E-state index in [9.17, 15) is 0 Å². The molecule has 2 saturated heterocycles. The zero-order valence-corrected chi connectivity index (χ0v) is 15.9. The highest BCUT2D eigenvalue weighted by Crippen LogP contribution is 2.45. The number of piperidine rings is 1. The van der Waals surface area contributed by atoms with Crippen molar-refractivity contribution in [2.75, 3.05) is 39.9 Å². The maximum Gasteiger partial charge on any atom is 0.118 e. The Hall–Kier alpha value is -1.56. The number of rotatable bonds is 6. The van der Waals surface area contributed by atoms with Gasteiger partial charge in [0.15, 0.2) is 0 Å². The Kier molecular flexibility index (Phi) is 5.20. The van der Waals surface area contributed by atoms with Crippen LogP contribution in [0.5, 0.6) is 0 Å². The molecule has 2 aromatic rings. The van der Waals surface area contributed by atoms with E-state index in [4.69, 9.17) is 13.6 Å². The second kappa shape index (κ2) is 7.59. The van der Waals surface area contributed by atoms with Crippen LogP contribution in [0.15, 0.2) is 39.4 Å². The normalized spacial score (nSPS) is 23.8. The van der Waals surface area contributed by atoms with Gasteiger partial charge in [0, 0.05) is 26.1 Å². The molecule has 1 unspecified atom stereocenters. The number of furan rings is 2. The molecule has 0 N–H and O–H groups in total. The first kappa shape index (κ1) is 17.8. The first-order chi connectivity index (χ1) is 12.7. The lowest BCUT2D eigenvalue weighted by atomic mass is 9.71. The van der Waals surface area contributed by atoms with Crippen molar-refractivity contribution in [1.29, 1.82) is 0 Å². The Morgan fingerprint density at radius 1 is 1.12 bits per heavy atom. The Bertz CT molecular complexity index is 686. The summed E-state index contributed by atoms with van der Waals surface area (Å²) in [6.07, 6.45) is 4.23. The molecule has 0 amide bonds. The number of aryl methyl sites for hydroxylation is 1. The highest BCUT2D eigenvalue weighted by atomic mass is 16.5. The molecule has 2 aliphatic rings. The van der Waals surface area contributed by atoms with Gasteiger partial charge in [0.25, 0.3) is 0 Å². The van der Waals surface area contributed by atoms with Crippen molar-refractivity contribution in [2.24, 2.45) is 11.3 Å². The third-order valence-corrected chi connectivity index (χ3v) is 6.24. The number of hydrogen-bond acceptors (Lipinski definition) is 5. The van der Waals surface area contributed by atoms with Crippen LogP contribution in [-0.2, 0) is 17.8 Å². The minimum atomic E-state index is 0.373. The van der Waals surface area contributed by atoms with Crippen molar-refractivity contribution in [3.63, 3.8) is 0 Å². The van der Waals surface area contributed by atoms with Gasteiger partial charge in [0.1, 0.15) is 17.3 Å².